The number of hydrogen-bond acceptors (Lipinski definition) is 7. The first-order valence-corrected chi connectivity index (χ1v) is 7.92. The van der Waals surface area contributed by atoms with Crippen molar-refractivity contribution in [3.8, 4) is 0 Å². The average molecular weight is 373 g/mol. The minimum atomic E-state index is -1.47. The molecule has 3 unspecified atom stereocenters. The zero-order valence-electron chi connectivity index (χ0n) is 14.0. The van der Waals surface area contributed by atoms with E-state index in [4.69, 9.17) is 21.7 Å². The maximum absolute atomic E-state index is 12.2. The van der Waals surface area contributed by atoms with Gasteiger partial charge in [-0.1, -0.05) is 0 Å². The Hall–Kier alpha value is -2.73. The molecule has 146 valence electrons. The number of aliphatic hydroxyl groups is 1. The highest BCUT2D eigenvalue weighted by molar-refractivity contribution is 5.93. The molecule has 0 aromatic carbocycles. The maximum atomic E-state index is 12.2. The minimum Gasteiger partial charge on any atom is -0.480 e. The Morgan fingerprint density at radius 3 is 2.42 bits per heavy atom. The molecule has 0 aliphatic carbocycles. The van der Waals surface area contributed by atoms with Gasteiger partial charge in [0.2, 0.25) is 23.6 Å². The summed E-state index contributed by atoms with van der Waals surface area (Å²) in [7, 11) is 0. The number of carbonyl (C=O) groups excluding carboxylic acids is 4. The summed E-state index contributed by atoms with van der Waals surface area (Å²) in [6.07, 6.45) is 0.479. The van der Waals surface area contributed by atoms with Crippen molar-refractivity contribution in [1.82, 2.24) is 15.5 Å². The number of nitrogens with one attached hydrogen (secondary N) is 2. The first-order chi connectivity index (χ1) is 12.2. The number of carbonyl (C=O) groups is 5. The lowest BCUT2D eigenvalue weighted by Crippen LogP contribution is -2.54. The van der Waals surface area contributed by atoms with Crippen LogP contribution in [0.3, 0.4) is 0 Å². The van der Waals surface area contributed by atoms with Crippen molar-refractivity contribution >= 4 is 29.6 Å². The van der Waals surface area contributed by atoms with Gasteiger partial charge in [-0.3, -0.25) is 19.2 Å². The third kappa shape index (κ3) is 5.97. The second-order valence-electron chi connectivity index (χ2n) is 5.82. The second-order valence-corrected chi connectivity index (χ2v) is 5.82. The molecule has 0 aromatic heterocycles. The van der Waals surface area contributed by atoms with Crippen LogP contribution in [0.4, 0.5) is 0 Å². The first-order valence-electron chi connectivity index (χ1n) is 7.92. The van der Waals surface area contributed by atoms with E-state index >= 15 is 0 Å². The number of primary amides is 1. The molecule has 26 heavy (non-hydrogen) atoms. The van der Waals surface area contributed by atoms with Crippen LogP contribution < -0.4 is 22.1 Å². The summed E-state index contributed by atoms with van der Waals surface area (Å²) in [4.78, 5) is 58.9. The Kier molecular flexibility index (Phi) is 7.93. The van der Waals surface area contributed by atoms with Crippen LogP contribution in [0, 0.1) is 0 Å². The minimum absolute atomic E-state index is 0.261. The van der Waals surface area contributed by atoms with Crippen LogP contribution in [0.25, 0.3) is 0 Å². The lowest BCUT2D eigenvalue weighted by Gasteiger charge is -2.25. The normalized spacial score (nSPS) is 18.7. The number of aliphatic hydroxyl groups excluding tert-OH is 1. The Morgan fingerprint density at radius 1 is 1.23 bits per heavy atom. The van der Waals surface area contributed by atoms with Crippen molar-refractivity contribution in [1.29, 1.82) is 0 Å². The molecule has 0 radical (unpaired) electrons. The number of rotatable bonds is 9. The summed E-state index contributed by atoms with van der Waals surface area (Å²) >= 11 is 0. The molecular formula is C14H23N5O7. The highest BCUT2D eigenvalue weighted by atomic mass is 16.4. The molecule has 3 atom stereocenters. The smallest absolute Gasteiger partial charge is 0.328 e. The van der Waals surface area contributed by atoms with Gasteiger partial charge in [-0.2, -0.15) is 0 Å². The van der Waals surface area contributed by atoms with Crippen LogP contribution in [-0.2, 0) is 24.0 Å². The van der Waals surface area contributed by atoms with E-state index in [1.54, 1.807) is 0 Å². The fourth-order valence-corrected chi connectivity index (χ4v) is 2.50. The molecule has 0 saturated carbocycles. The first kappa shape index (κ1) is 21.3. The monoisotopic (exact) mass is 373 g/mol. The highest BCUT2D eigenvalue weighted by Gasteiger charge is 2.35. The highest BCUT2D eigenvalue weighted by Crippen LogP contribution is 2.17. The van der Waals surface area contributed by atoms with Gasteiger partial charge in [-0.15, -0.1) is 0 Å². The largest absolute Gasteiger partial charge is 0.480 e. The van der Waals surface area contributed by atoms with Crippen LogP contribution >= 0.6 is 0 Å². The van der Waals surface area contributed by atoms with Crippen LogP contribution in [0.1, 0.15) is 19.3 Å². The lowest BCUT2D eigenvalue weighted by molar-refractivity contribution is -0.144. The second kappa shape index (κ2) is 9.68. The number of likely N-dealkylation sites (tertiary alicyclic amines) is 1. The van der Waals surface area contributed by atoms with Crippen molar-refractivity contribution in [2.45, 2.75) is 37.4 Å². The number of hydrogen-bond donors (Lipinski definition) is 6. The summed E-state index contributed by atoms with van der Waals surface area (Å²) in [5, 5.41) is 22.2. The molecule has 1 aliphatic heterocycles. The number of amides is 4. The van der Waals surface area contributed by atoms with Crippen LogP contribution in [0.15, 0.2) is 0 Å². The van der Waals surface area contributed by atoms with Crippen molar-refractivity contribution < 1.29 is 34.2 Å². The van der Waals surface area contributed by atoms with Crippen LogP contribution in [0.5, 0.6) is 0 Å². The lowest BCUT2D eigenvalue weighted by atomic mass is 10.2. The third-order valence-electron chi connectivity index (χ3n) is 3.84. The van der Waals surface area contributed by atoms with E-state index in [1.165, 1.54) is 4.90 Å². The summed E-state index contributed by atoms with van der Waals surface area (Å²) in [6, 6.07) is -3.54. The Balaban J connectivity index is 2.59. The standard InChI is InChI=1S/C14H23N5O7/c15-7(4-10(16)21)12(23)17-5-11(22)19-3-1-2-9(19)13(24)18-8(6-20)14(25)26/h7-9,20H,1-6,15H2,(H2,16,21)(H,17,23)(H,18,24)(H,25,26). The molecule has 1 heterocycles. The Morgan fingerprint density at radius 2 is 1.88 bits per heavy atom. The van der Waals surface area contributed by atoms with Crippen LogP contribution in [0.2, 0.25) is 0 Å². The topological polar surface area (TPSA) is 205 Å². The van der Waals surface area contributed by atoms with Gasteiger partial charge in [0.25, 0.3) is 0 Å². The van der Waals surface area contributed by atoms with Crippen molar-refractivity contribution in [3.63, 3.8) is 0 Å². The van der Waals surface area contributed by atoms with Gasteiger partial charge in [0, 0.05) is 6.54 Å². The van der Waals surface area contributed by atoms with E-state index in [2.05, 4.69) is 10.6 Å². The van der Waals surface area contributed by atoms with Gasteiger partial charge in [0.15, 0.2) is 0 Å². The molecule has 0 aromatic rings. The van der Waals surface area contributed by atoms with Gasteiger partial charge >= 0.3 is 5.97 Å². The quantitative estimate of drug-likeness (QED) is 0.233. The molecule has 0 bridgehead atoms. The number of nitrogens with zero attached hydrogens (tertiary/aromatic N) is 1. The fourth-order valence-electron chi connectivity index (χ4n) is 2.50. The Labute approximate surface area is 148 Å². The van der Waals surface area contributed by atoms with Crippen molar-refractivity contribution in [2.24, 2.45) is 11.5 Å². The number of carboxylic acid groups (broad SMARTS) is 1. The molecule has 1 aliphatic rings. The molecule has 1 fully saturated rings. The number of carboxylic acids is 1. The zero-order valence-corrected chi connectivity index (χ0v) is 14.0. The van der Waals surface area contributed by atoms with E-state index in [0.29, 0.717) is 12.8 Å². The average Bonchev–Trinajstić information content (AvgIpc) is 3.05. The molecule has 8 N–H and O–H groups in total. The van der Waals surface area contributed by atoms with Crippen molar-refractivity contribution in [3.05, 3.63) is 0 Å². The summed E-state index contributed by atoms with van der Waals surface area (Å²) in [6.45, 7) is -0.954. The zero-order chi connectivity index (χ0) is 19.9. The predicted octanol–water partition coefficient (Wildman–Crippen LogP) is -4.14. The van der Waals surface area contributed by atoms with Gasteiger partial charge < -0.3 is 37.2 Å². The van der Waals surface area contributed by atoms with Gasteiger partial charge in [0.05, 0.1) is 25.6 Å². The maximum Gasteiger partial charge on any atom is 0.328 e. The van der Waals surface area contributed by atoms with E-state index in [9.17, 15) is 24.0 Å². The SMILES string of the molecule is NC(=O)CC(N)C(=O)NCC(=O)N1CCCC1C(=O)NC(CO)C(=O)O. The van der Waals surface area contributed by atoms with E-state index in [1.807, 2.05) is 0 Å². The predicted molar refractivity (Wildman–Crippen MR) is 86.2 cm³/mol. The molecule has 12 nitrogen and oxygen atoms in total. The van der Waals surface area contributed by atoms with Crippen LogP contribution in [-0.4, -0.2) is 82.5 Å². The third-order valence-corrected chi connectivity index (χ3v) is 3.84. The van der Waals surface area contributed by atoms with Gasteiger partial charge in [-0.25, -0.2) is 4.79 Å². The Bertz CT molecular complexity index is 582. The summed E-state index contributed by atoms with van der Waals surface area (Å²) in [5.41, 5.74) is 10.4. The number of aliphatic carboxylic acids is 1. The summed E-state index contributed by atoms with van der Waals surface area (Å²) < 4.78 is 0. The molecule has 12 heteroatoms. The molecule has 4 amide bonds. The molecular weight excluding hydrogens is 350 g/mol. The van der Waals surface area contributed by atoms with Crippen molar-refractivity contribution in [2.75, 3.05) is 19.7 Å². The molecule has 1 rings (SSSR count). The van der Waals surface area contributed by atoms with Gasteiger partial charge in [0.1, 0.15) is 12.1 Å². The van der Waals surface area contributed by atoms with Gasteiger partial charge in [-0.05, 0) is 12.8 Å². The fraction of sp³-hybridized carbons (Fsp3) is 0.643. The number of nitrogens with two attached hydrogens (primary N) is 2. The molecule has 1 saturated heterocycles. The summed E-state index contributed by atoms with van der Waals surface area (Å²) in [5.74, 6) is -4.14. The van der Waals surface area contributed by atoms with E-state index in [0.717, 1.165) is 0 Å². The van der Waals surface area contributed by atoms with E-state index < -0.39 is 60.9 Å². The van der Waals surface area contributed by atoms with E-state index in [-0.39, 0.29) is 13.0 Å². The molecule has 0 spiro atoms.